The molecule has 3 aromatic heterocycles. The first kappa shape index (κ1) is 18.5. The lowest BCUT2D eigenvalue weighted by Crippen LogP contribution is -2.40. The number of carbonyl (C=O) groups is 1. The molecule has 0 fully saturated rings. The molecule has 0 bridgehead atoms. The summed E-state index contributed by atoms with van der Waals surface area (Å²) in [4.78, 5) is 32.0. The van der Waals surface area contributed by atoms with Crippen LogP contribution in [-0.4, -0.2) is 37.3 Å². The van der Waals surface area contributed by atoms with Gasteiger partial charge in [0.2, 0.25) is 0 Å². The predicted molar refractivity (Wildman–Crippen MR) is 112 cm³/mol. The number of unbranched alkanes of at least 4 members (excludes halogenated alkanes) is 1. The molecule has 4 heterocycles. The first-order valence-electron chi connectivity index (χ1n) is 10.4. The minimum Gasteiger partial charge on any atom is -0.441 e. The number of imidazole rings is 1. The van der Waals surface area contributed by atoms with E-state index < -0.39 is 0 Å². The summed E-state index contributed by atoms with van der Waals surface area (Å²) in [7, 11) is 0. The molecular formula is C23H23N5O2. The van der Waals surface area contributed by atoms with Crippen molar-refractivity contribution in [2.45, 2.75) is 38.6 Å². The fourth-order valence-electron chi connectivity index (χ4n) is 4.08. The predicted octanol–water partition coefficient (Wildman–Crippen LogP) is 4.08. The van der Waals surface area contributed by atoms with Crippen LogP contribution in [0.1, 0.15) is 59.0 Å². The van der Waals surface area contributed by atoms with E-state index in [2.05, 4.69) is 26.9 Å². The standard InChI is InChI=1S/C23H23N5O2/c1-2-3-6-20-27-18-12-15(7-8-19(18)30-20)23(29)28-11-9-17-21(26-14-25-17)22(28)16-5-4-10-24-13-16/h4-5,7-8,10,12-14,22H,2-3,6,9,11H2,1H3,(H,25,26). The topological polar surface area (TPSA) is 87.9 Å². The fourth-order valence-corrected chi connectivity index (χ4v) is 4.08. The Labute approximate surface area is 174 Å². The molecule has 0 radical (unpaired) electrons. The van der Waals surface area contributed by atoms with Crippen molar-refractivity contribution in [1.29, 1.82) is 0 Å². The molecule has 4 aromatic rings. The molecule has 1 unspecified atom stereocenters. The van der Waals surface area contributed by atoms with Crippen molar-refractivity contribution in [1.82, 2.24) is 24.8 Å². The third-order valence-electron chi connectivity index (χ3n) is 5.61. The maximum atomic E-state index is 13.5. The summed E-state index contributed by atoms with van der Waals surface area (Å²) in [6.45, 7) is 2.74. The van der Waals surface area contributed by atoms with Crippen molar-refractivity contribution in [2.75, 3.05) is 6.54 Å². The SMILES string of the molecule is CCCCc1nc2cc(C(=O)N3CCc4[nH]cnc4C3c3cccnc3)ccc2o1. The van der Waals surface area contributed by atoms with Crippen molar-refractivity contribution in [3.63, 3.8) is 0 Å². The van der Waals surface area contributed by atoms with Crippen LogP contribution < -0.4 is 0 Å². The molecule has 1 aromatic carbocycles. The molecule has 0 aliphatic carbocycles. The lowest BCUT2D eigenvalue weighted by atomic mass is 9.96. The summed E-state index contributed by atoms with van der Waals surface area (Å²) in [5.41, 5.74) is 4.94. The summed E-state index contributed by atoms with van der Waals surface area (Å²) in [5, 5.41) is 0. The number of aromatic amines is 1. The van der Waals surface area contributed by atoms with Crippen molar-refractivity contribution in [3.8, 4) is 0 Å². The van der Waals surface area contributed by atoms with Crippen LogP contribution in [0.5, 0.6) is 0 Å². The van der Waals surface area contributed by atoms with Crippen LogP contribution in [0.4, 0.5) is 0 Å². The quantitative estimate of drug-likeness (QED) is 0.544. The van der Waals surface area contributed by atoms with E-state index in [4.69, 9.17) is 4.42 Å². The maximum Gasteiger partial charge on any atom is 0.254 e. The van der Waals surface area contributed by atoms with Gasteiger partial charge in [0.25, 0.3) is 5.91 Å². The number of hydrogen-bond donors (Lipinski definition) is 1. The van der Waals surface area contributed by atoms with Gasteiger partial charge in [-0.1, -0.05) is 19.4 Å². The van der Waals surface area contributed by atoms with Crippen LogP contribution >= 0.6 is 0 Å². The van der Waals surface area contributed by atoms with E-state index in [1.165, 1.54) is 0 Å². The molecule has 5 rings (SSSR count). The summed E-state index contributed by atoms with van der Waals surface area (Å²) in [6.07, 6.45) is 8.90. The number of H-pyrrole nitrogens is 1. The molecular weight excluding hydrogens is 378 g/mol. The zero-order valence-corrected chi connectivity index (χ0v) is 16.8. The first-order valence-corrected chi connectivity index (χ1v) is 10.4. The van der Waals surface area contributed by atoms with Gasteiger partial charge in [0.15, 0.2) is 11.5 Å². The number of fused-ring (bicyclic) bond motifs is 2. The third-order valence-corrected chi connectivity index (χ3v) is 5.61. The van der Waals surface area contributed by atoms with Gasteiger partial charge in [-0.05, 0) is 36.2 Å². The van der Waals surface area contributed by atoms with E-state index in [-0.39, 0.29) is 11.9 Å². The van der Waals surface area contributed by atoms with E-state index in [0.717, 1.165) is 59.6 Å². The van der Waals surface area contributed by atoms with E-state index in [9.17, 15) is 4.79 Å². The number of nitrogens with zero attached hydrogens (tertiary/aromatic N) is 4. The van der Waals surface area contributed by atoms with Gasteiger partial charge < -0.3 is 14.3 Å². The molecule has 30 heavy (non-hydrogen) atoms. The van der Waals surface area contributed by atoms with E-state index >= 15 is 0 Å². The average molecular weight is 401 g/mol. The first-order chi connectivity index (χ1) is 14.7. The summed E-state index contributed by atoms with van der Waals surface area (Å²) < 4.78 is 5.82. The Kier molecular flexibility index (Phi) is 4.78. The molecule has 7 heteroatoms. The molecule has 1 atom stereocenters. The number of rotatable bonds is 5. The van der Waals surface area contributed by atoms with Crippen LogP contribution in [0.15, 0.2) is 53.5 Å². The summed E-state index contributed by atoms with van der Waals surface area (Å²) >= 11 is 0. The number of aryl methyl sites for hydroxylation is 1. The highest BCUT2D eigenvalue weighted by atomic mass is 16.3. The van der Waals surface area contributed by atoms with Crippen molar-refractivity contribution in [2.24, 2.45) is 0 Å². The summed E-state index contributed by atoms with van der Waals surface area (Å²) in [5.74, 6) is 0.682. The smallest absolute Gasteiger partial charge is 0.254 e. The monoisotopic (exact) mass is 401 g/mol. The van der Waals surface area contributed by atoms with E-state index in [0.29, 0.717) is 12.1 Å². The molecule has 1 aliphatic rings. The minimum atomic E-state index is -0.269. The maximum absolute atomic E-state index is 13.5. The Balaban J connectivity index is 1.50. The second-order valence-corrected chi connectivity index (χ2v) is 7.60. The Morgan fingerprint density at radius 2 is 2.27 bits per heavy atom. The van der Waals surface area contributed by atoms with Gasteiger partial charge in [-0.2, -0.15) is 0 Å². The van der Waals surface area contributed by atoms with Gasteiger partial charge in [-0.15, -0.1) is 0 Å². The van der Waals surface area contributed by atoms with E-state index in [1.807, 2.05) is 35.2 Å². The number of amides is 1. The third kappa shape index (κ3) is 3.26. The molecule has 1 aliphatic heterocycles. The second-order valence-electron chi connectivity index (χ2n) is 7.60. The molecule has 1 N–H and O–H groups in total. The Morgan fingerprint density at radius 1 is 1.33 bits per heavy atom. The molecule has 0 saturated carbocycles. The van der Waals surface area contributed by atoms with Gasteiger partial charge in [0.05, 0.1) is 12.0 Å². The number of benzene rings is 1. The van der Waals surface area contributed by atoms with Gasteiger partial charge in [-0.3, -0.25) is 9.78 Å². The lowest BCUT2D eigenvalue weighted by Gasteiger charge is -2.35. The van der Waals surface area contributed by atoms with Gasteiger partial charge in [0.1, 0.15) is 11.6 Å². The van der Waals surface area contributed by atoms with Crippen LogP contribution in [0.2, 0.25) is 0 Å². The normalized spacial score (nSPS) is 16.0. The molecule has 7 nitrogen and oxygen atoms in total. The molecule has 152 valence electrons. The fraction of sp³-hybridized carbons (Fsp3) is 0.304. The zero-order valence-electron chi connectivity index (χ0n) is 16.8. The Morgan fingerprint density at radius 3 is 3.10 bits per heavy atom. The number of aromatic nitrogens is 4. The highest BCUT2D eigenvalue weighted by molar-refractivity contribution is 5.97. The number of nitrogens with one attached hydrogen (secondary N) is 1. The van der Waals surface area contributed by atoms with E-state index in [1.54, 1.807) is 18.7 Å². The number of pyridine rings is 1. The minimum absolute atomic E-state index is 0.0440. The van der Waals surface area contributed by atoms with Gasteiger partial charge in [-0.25, -0.2) is 9.97 Å². The van der Waals surface area contributed by atoms with Gasteiger partial charge in [0, 0.05) is 43.0 Å². The van der Waals surface area contributed by atoms with Crippen LogP contribution in [-0.2, 0) is 12.8 Å². The van der Waals surface area contributed by atoms with Crippen LogP contribution in [0.25, 0.3) is 11.1 Å². The van der Waals surface area contributed by atoms with Gasteiger partial charge >= 0.3 is 0 Å². The van der Waals surface area contributed by atoms with Crippen molar-refractivity contribution < 1.29 is 9.21 Å². The molecule has 0 saturated heterocycles. The second kappa shape index (κ2) is 7.74. The average Bonchev–Trinajstić information content (AvgIpc) is 3.43. The van der Waals surface area contributed by atoms with Crippen molar-refractivity contribution in [3.05, 3.63) is 77.5 Å². The summed E-state index contributed by atoms with van der Waals surface area (Å²) in [6, 6.07) is 9.10. The Hall–Kier alpha value is -3.48. The highest BCUT2D eigenvalue weighted by Gasteiger charge is 2.34. The molecule has 1 amide bonds. The van der Waals surface area contributed by atoms with Crippen LogP contribution in [0.3, 0.4) is 0 Å². The van der Waals surface area contributed by atoms with Crippen molar-refractivity contribution >= 4 is 17.0 Å². The molecule has 0 spiro atoms. The number of hydrogen-bond acceptors (Lipinski definition) is 5. The van der Waals surface area contributed by atoms with Crippen LogP contribution in [0, 0.1) is 0 Å². The zero-order chi connectivity index (χ0) is 20.5. The lowest BCUT2D eigenvalue weighted by molar-refractivity contribution is 0.0690. The largest absolute Gasteiger partial charge is 0.441 e. The number of carbonyl (C=O) groups excluding carboxylic acids is 1. The number of oxazole rings is 1. The Bertz CT molecular complexity index is 1180. The highest BCUT2D eigenvalue weighted by Crippen LogP contribution is 2.34.